The maximum Gasteiger partial charge on any atom is 0.246 e. The Labute approximate surface area is 102 Å². The number of benzene rings is 1. The average molecular weight is 233 g/mol. The van der Waals surface area contributed by atoms with Crippen LogP contribution in [0.2, 0.25) is 0 Å². The number of nitrogens with zero attached hydrogens (tertiary/aromatic N) is 2. The number of nitrogens with two attached hydrogens (primary N) is 1. The number of para-hydroxylation sites is 1. The highest BCUT2D eigenvalue weighted by Crippen LogP contribution is 2.19. The van der Waals surface area contributed by atoms with Crippen LogP contribution in [0.3, 0.4) is 0 Å². The van der Waals surface area contributed by atoms with Crippen LogP contribution in [-0.4, -0.2) is 43.5 Å². The van der Waals surface area contributed by atoms with Crippen LogP contribution in [0.4, 0.5) is 5.69 Å². The minimum Gasteiger partial charge on any atom is -0.358 e. The maximum atomic E-state index is 12.2. The van der Waals surface area contributed by atoms with Crippen molar-refractivity contribution in [1.82, 2.24) is 4.90 Å². The fourth-order valence-electron chi connectivity index (χ4n) is 2.29. The third-order valence-electron chi connectivity index (χ3n) is 3.24. The van der Waals surface area contributed by atoms with Gasteiger partial charge in [-0.2, -0.15) is 0 Å². The highest BCUT2D eigenvalue weighted by Gasteiger charge is 2.29. The van der Waals surface area contributed by atoms with Gasteiger partial charge < -0.3 is 15.5 Å². The van der Waals surface area contributed by atoms with E-state index in [2.05, 4.69) is 4.90 Å². The molecule has 1 aliphatic heterocycles. The minimum atomic E-state index is -0.232. The topological polar surface area (TPSA) is 49.6 Å². The summed E-state index contributed by atoms with van der Waals surface area (Å²) in [6.45, 7) is 2.04. The van der Waals surface area contributed by atoms with E-state index < -0.39 is 0 Å². The first-order valence-corrected chi connectivity index (χ1v) is 6.01. The van der Waals surface area contributed by atoms with E-state index in [1.54, 1.807) is 4.90 Å². The van der Waals surface area contributed by atoms with Crippen LogP contribution < -0.4 is 10.6 Å². The molecule has 17 heavy (non-hydrogen) atoms. The largest absolute Gasteiger partial charge is 0.358 e. The predicted molar refractivity (Wildman–Crippen MR) is 68.9 cm³/mol. The molecule has 2 N–H and O–H groups in total. The molecule has 0 bridgehead atoms. The zero-order chi connectivity index (χ0) is 12.3. The summed E-state index contributed by atoms with van der Waals surface area (Å²) in [6, 6.07) is 9.78. The summed E-state index contributed by atoms with van der Waals surface area (Å²) in [6.07, 6.45) is 0.980. The predicted octanol–water partition coefficient (Wildman–Crippen LogP) is 0.682. The van der Waals surface area contributed by atoms with Crippen molar-refractivity contribution in [2.24, 2.45) is 5.73 Å². The molecule has 1 atom stereocenters. The van der Waals surface area contributed by atoms with Gasteiger partial charge in [-0.3, -0.25) is 4.79 Å². The first kappa shape index (κ1) is 11.9. The van der Waals surface area contributed by atoms with Crippen LogP contribution in [0.5, 0.6) is 0 Å². The molecule has 1 aromatic rings. The van der Waals surface area contributed by atoms with E-state index in [4.69, 9.17) is 5.73 Å². The molecule has 0 aliphatic carbocycles. The molecule has 0 spiro atoms. The fraction of sp³-hybridized carbons (Fsp3) is 0.462. The number of carbonyl (C=O) groups is 1. The summed E-state index contributed by atoms with van der Waals surface area (Å²) >= 11 is 0. The smallest absolute Gasteiger partial charge is 0.246 e. The minimum absolute atomic E-state index is 0.119. The molecule has 92 valence electrons. The monoisotopic (exact) mass is 233 g/mol. The Morgan fingerprint density at radius 3 is 2.65 bits per heavy atom. The first-order chi connectivity index (χ1) is 8.24. The van der Waals surface area contributed by atoms with Crippen LogP contribution in [0.15, 0.2) is 30.3 Å². The van der Waals surface area contributed by atoms with Crippen molar-refractivity contribution in [1.29, 1.82) is 0 Å². The molecule has 0 aromatic heterocycles. The molecule has 1 fully saturated rings. The van der Waals surface area contributed by atoms with Crippen molar-refractivity contribution in [2.75, 3.05) is 31.6 Å². The molecule has 1 aliphatic rings. The zero-order valence-corrected chi connectivity index (χ0v) is 10.2. The van der Waals surface area contributed by atoms with Gasteiger partial charge in [-0.25, -0.2) is 0 Å². The van der Waals surface area contributed by atoms with E-state index in [9.17, 15) is 4.79 Å². The third-order valence-corrected chi connectivity index (χ3v) is 3.24. The quantitative estimate of drug-likeness (QED) is 0.817. The van der Waals surface area contributed by atoms with E-state index in [-0.39, 0.29) is 11.9 Å². The standard InChI is InChI=1S/C13H19N3O/c1-15-8-5-9-16(12(10-14)13(15)17)11-6-3-2-4-7-11/h2-4,6-7,12H,5,8-10,14H2,1H3. The summed E-state index contributed by atoms with van der Waals surface area (Å²) < 4.78 is 0. The van der Waals surface area contributed by atoms with E-state index >= 15 is 0 Å². The Kier molecular flexibility index (Phi) is 3.64. The van der Waals surface area contributed by atoms with Crippen molar-refractivity contribution in [3.63, 3.8) is 0 Å². The van der Waals surface area contributed by atoms with Gasteiger partial charge >= 0.3 is 0 Å². The van der Waals surface area contributed by atoms with Gasteiger partial charge in [-0.15, -0.1) is 0 Å². The van der Waals surface area contributed by atoms with Crippen molar-refractivity contribution < 1.29 is 4.79 Å². The second-order valence-corrected chi connectivity index (χ2v) is 4.39. The van der Waals surface area contributed by atoms with Gasteiger partial charge in [0.15, 0.2) is 0 Å². The third kappa shape index (κ3) is 2.42. The lowest BCUT2D eigenvalue weighted by molar-refractivity contribution is -0.130. The van der Waals surface area contributed by atoms with Gasteiger partial charge in [-0.1, -0.05) is 18.2 Å². The number of hydrogen-bond donors (Lipinski definition) is 1. The summed E-state index contributed by atoms with van der Waals surface area (Å²) in [5.74, 6) is 0.119. The molecule has 1 unspecified atom stereocenters. The molecular weight excluding hydrogens is 214 g/mol. The second kappa shape index (κ2) is 5.19. The number of anilines is 1. The van der Waals surface area contributed by atoms with Gasteiger partial charge in [-0.05, 0) is 18.6 Å². The van der Waals surface area contributed by atoms with Crippen molar-refractivity contribution >= 4 is 11.6 Å². The Balaban J connectivity index is 2.28. The summed E-state index contributed by atoms with van der Waals surface area (Å²) in [5, 5.41) is 0. The Morgan fingerprint density at radius 1 is 1.29 bits per heavy atom. The maximum absolute atomic E-state index is 12.2. The van der Waals surface area contributed by atoms with Crippen LogP contribution in [0.1, 0.15) is 6.42 Å². The number of hydrogen-bond acceptors (Lipinski definition) is 3. The van der Waals surface area contributed by atoms with Crippen molar-refractivity contribution in [3.8, 4) is 0 Å². The van der Waals surface area contributed by atoms with Gasteiger partial charge in [0.2, 0.25) is 5.91 Å². The number of amides is 1. The molecule has 0 radical (unpaired) electrons. The van der Waals surface area contributed by atoms with Gasteiger partial charge in [0.05, 0.1) is 0 Å². The summed E-state index contributed by atoms with van der Waals surface area (Å²) in [7, 11) is 1.85. The normalized spacial score (nSPS) is 21.5. The Bertz CT molecular complexity index is 380. The molecule has 4 nitrogen and oxygen atoms in total. The highest BCUT2D eigenvalue weighted by atomic mass is 16.2. The molecular formula is C13H19N3O. The van der Waals surface area contributed by atoms with Crippen molar-refractivity contribution in [3.05, 3.63) is 30.3 Å². The molecule has 1 aromatic carbocycles. The zero-order valence-electron chi connectivity index (χ0n) is 10.2. The van der Waals surface area contributed by atoms with Crippen LogP contribution >= 0.6 is 0 Å². The van der Waals surface area contributed by atoms with E-state index in [0.29, 0.717) is 6.54 Å². The SMILES string of the molecule is CN1CCCN(c2ccccc2)C(CN)C1=O. The molecule has 1 saturated heterocycles. The second-order valence-electron chi connectivity index (χ2n) is 4.39. The van der Waals surface area contributed by atoms with Crippen LogP contribution in [0, 0.1) is 0 Å². The molecule has 1 amide bonds. The Hall–Kier alpha value is -1.55. The summed E-state index contributed by atoms with van der Waals surface area (Å²) in [5.41, 5.74) is 6.84. The molecule has 4 heteroatoms. The first-order valence-electron chi connectivity index (χ1n) is 6.01. The van der Waals surface area contributed by atoms with Crippen molar-refractivity contribution in [2.45, 2.75) is 12.5 Å². The lowest BCUT2D eigenvalue weighted by atomic mass is 10.2. The summed E-state index contributed by atoms with van der Waals surface area (Å²) in [4.78, 5) is 16.1. The van der Waals surface area contributed by atoms with E-state index in [1.807, 2.05) is 37.4 Å². The average Bonchev–Trinajstić information content (AvgIpc) is 2.51. The molecule has 1 heterocycles. The van der Waals surface area contributed by atoms with Gasteiger partial charge in [0, 0.05) is 32.4 Å². The lowest BCUT2D eigenvalue weighted by Gasteiger charge is -2.30. The van der Waals surface area contributed by atoms with Crippen LogP contribution in [0.25, 0.3) is 0 Å². The van der Waals surface area contributed by atoms with E-state index in [1.165, 1.54) is 0 Å². The number of rotatable bonds is 2. The Morgan fingerprint density at radius 2 is 2.00 bits per heavy atom. The fourth-order valence-corrected chi connectivity index (χ4v) is 2.29. The van der Waals surface area contributed by atoms with Gasteiger partial charge in [0.25, 0.3) is 0 Å². The highest BCUT2D eigenvalue weighted by molar-refractivity contribution is 5.85. The number of carbonyl (C=O) groups excluding carboxylic acids is 1. The number of likely N-dealkylation sites (N-methyl/N-ethyl adjacent to an activating group) is 1. The van der Waals surface area contributed by atoms with Crippen LogP contribution in [-0.2, 0) is 4.79 Å². The molecule has 2 rings (SSSR count). The van der Waals surface area contributed by atoms with E-state index in [0.717, 1.165) is 25.2 Å². The lowest BCUT2D eigenvalue weighted by Crippen LogP contribution is -2.49. The van der Waals surface area contributed by atoms with Gasteiger partial charge in [0.1, 0.15) is 6.04 Å². The molecule has 0 saturated carbocycles.